The quantitative estimate of drug-likeness (QED) is 0.336. The molecule has 1 rings (SSSR count). The second-order valence-corrected chi connectivity index (χ2v) is 3.46. The van der Waals surface area contributed by atoms with E-state index in [4.69, 9.17) is 5.26 Å². The van der Waals surface area contributed by atoms with E-state index in [0.717, 1.165) is 5.56 Å². The summed E-state index contributed by atoms with van der Waals surface area (Å²) in [5.41, 5.74) is 0.735. The zero-order valence-electron chi connectivity index (χ0n) is 9.66. The summed E-state index contributed by atoms with van der Waals surface area (Å²) < 4.78 is 0. The number of carbonyl (C=O) groups excluding carboxylic acids is 1. The molecule has 1 aromatic heterocycles. The number of nitriles is 1. The third kappa shape index (κ3) is 4.26. The van der Waals surface area contributed by atoms with E-state index in [-0.39, 0.29) is 5.57 Å². The van der Waals surface area contributed by atoms with Gasteiger partial charge in [0.25, 0.3) is 5.91 Å². The maximum absolute atomic E-state index is 11.6. The molecule has 0 saturated carbocycles. The maximum Gasteiger partial charge on any atom is 0.289 e. The van der Waals surface area contributed by atoms with Gasteiger partial charge >= 0.3 is 0 Å². The molecule has 86 valence electrons. The van der Waals surface area contributed by atoms with Gasteiger partial charge in [-0.1, -0.05) is 0 Å². The summed E-state index contributed by atoms with van der Waals surface area (Å²) in [6.45, 7) is 0. The second-order valence-electron chi connectivity index (χ2n) is 3.46. The summed E-state index contributed by atoms with van der Waals surface area (Å²) >= 11 is 0. The van der Waals surface area contributed by atoms with Gasteiger partial charge in [0.15, 0.2) is 0 Å². The van der Waals surface area contributed by atoms with E-state index in [1.807, 2.05) is 6.07 Å². The first kappa shape index (κ1) is 12.6. The van der Waals surface area contributed by atoms with Crippen molar-refractivity contribution < 1.29 is 4.79 Å². The zero-order valence-corrected chi connectivity index (χ0v) is 9.66. The molecule has 0 aromatic carbocycles. The Morgan fingerprint density at radius 3 is 2.65 bits per heavy atom. The Morgan fingerprint density at radius 2 is 2.12 bits per heavy atom. The average molecular weight is 228 g/mol. The number of hydrogen-bond donors (Lipinski definition) is 0. The van der Waals surface area contributed by atoms with Crippen LogP contribution in [0.2, 0.25) is 0 Å². The standard InChI is InChI=1S/C12H12N4O/c1-16(2)9-15-12(17)11(8-13)7-10-3-5-14-6-4-10/h3-7,9H,1-2H3/b11-7+,15-9?. The van der Waals surface area contributed by atoms with Crippen LogP contribution in [0, 0.1) is 11.3 Å². The molecule has 0 aliphatic heterocycles. The highest BCUT2D eigenvalue weighted by atomic mass is 16.1. The summed E-state index contributed by atoms with van der Waals surface area (Å²) in [6.07, 6.45) is 6.03. The fraction of sp³-hybridized carbons (Fsp3) is 0.167. The summed E-state index contributed by atoms with van der Waals surface area (Å²) in [6, 6.07) is 5.25. The van der Waals surface area contributed by atoms with Crippen LogP contribution < -0.4 is 0 Å². The second kappa shape index (κ2) is 6.18. The van der Waals surface area contributed by atoms with Crippen molar-refractivity contribution in [2.45, 2.75) is 0 Å². The number of aromatic nitrogens is 1. The average Bonchev–Trinajstić information content (AvgIpc) is 2.34. The van der Waals surface area contributed by atoms with E-state index in [1.54, 1.807) is 43.5 Å². The van der Waals surface area contributed by atoms with Crippen molar-refractivity contribution in [2.75, 3.05) is 14.1 Å². The first-order valence-corrected chi connectivity index (χ1v) is 4.90. The van der Waals surface area contributed by atoms with Crippen molar-refractivity contribution >= 4 is 18.3 Å². The molecule has 0 bridgehead atoms. The third-order valence-electron chi connectivity index (χ3n) is 1.77. The topological polar surface area (TPSA) is 69.3 Å². The Hall–Kier alpha value is -2.48. The molecule has 0 fully saturated rings. The molecule has 17 heavy (non-hydrogen) atoms. The van der Waals surface area contributed by atoms with Gasteiger partial charge in [0.2, 0.25) is 0 Å². The Kier molecular flexibility index (Phi) is 4.58. The van der Waals surface area contributed by atoms with E-state index < -0.39 is 5.91 Å². The highest BCUT2D eigenvalue weighted by molar-refractivity contribution is 6.04. The van der Waals surface area contributed by atoms with Crippen molar-refractivity contribution in [1.82, 2.24) is 9.88 Å². The van der Waals surface area contributed by atoms with E-state index in [9.17, 15) is 4.79 Å². The summed E-state index contributed by atoms with van der Waals surface area (Å²) in [4.78, 5) is 20.7. The van der Waals surface area contributed by atoms with Crippen LogP contribution in [-0.4, -0.2) is 36.2 Å². The van der Waals surface area contributed by atoms with Crippen molar-refractivity contribution in [2.24, 2.45) is 4.99 Å². The summed E-state index contributed by atoms with van der Waals surface area (Å²) in [7, 11) is 3.49. The molecule has 0 unspecified atom stereocenters. The zero-order chi connectivity index (χ0) is 12.7. The minimum atomic E-state index is -0.557. The molecule has 0 saturated heterocycles. The van der Waals surface area contributed by atoms with Crippen LogP contribution >= 0.6 is 0 Å². The number of nitrogens with zero attached hydrogens (tertiary/aromatic N) is 4. The molecule has 0 N–H and O–H groups in total. The van der Waals surface area contributed by atoms with Gasteiger partial charge in [0.05, 0.1) is 6.34 Å². The minimum Gasteiger partial charge on any atom is -0.369 e. The molecule has 1 heterocycles. The van der Waals surface area contributed by atoms with Crippen LogP contribution in [0.5, 0.6) is 0 Å². The molecule has 5 heteroatoms. The van der Waals surface area contributed by atoms with Crippen LogP contribution in [0.1, 0.15) is 5.56 Å². The van der Waals surface area contributed by atoms with Crippen molar-refractivity contribution in [1.29, 1.82) is 5.26 Å². The lowest BCUT2D eigenvalue weighted by atomic mass is 10.1. The smallest absolute Gasteiger partial charge is 0.289 e. The molecule has 0 aliphatic rings. The number of hydrogen-bond acceptors (Lipinski definition) is 3. The van der Waals surface area contributed by atoms with E-state index in [0.29, 0.717) is 0 Å². The van der Waals surface area contributed by atoms with Gasteiger partial charge in [0, 0.05) is 26.5 Å². The first-order chi connectivity index (χ1) is 8.13. The molecular weight excluding hydrogens is 216 g/mol. The van der Waals surface area contributed by atoms with E-state index >= 15 is 0 Å². The predicted octanol–water partition coefficient (Wildman–Crippen LogP) is 1.11. The SMILES string of the molecule is CN(C)C=NC(=O)/C(C#N)=C/c1ccncc1. The molecule has 0 aliphatic carbocycles. The first-order valence-electron chi connectivity index (χ1n) is 4.90. The number of pyridine rings is 1. The van der Waals surface area contributed by atoms with Crippen molar-refractivity contribution in [3.05, 3.63) is 35.7 Å². The fourth-order valence-corrected chi connectivity index (χ4v) is 1.01. The van der Waals surface area contributed by atoms with Gasteiger partial charge in [-0.2, -0.15) is 10.3 Å². The Bertz CT molecular complexity index is 483. The summed E-state index contributed by atoms with van der Waals surface area (Å²) in [5.74, 6) is -0.557. The summed E-state index contributed by atoms with van der Waals surface area (Å²) in [5, 5.41) is 8.88. The lowest BCUT2D eigenvalue weighted by molar-refractivity contribution is -0.113. The van der Waals surface area contributed by atoms with Crippen LogP contribution in [0.3, 0.4) is 0 Å². The lowest BCUT2D eigenvalue weighted by Gasteiger charge is -2.01. The lowest BCUT2D eigenvalue weighted by Crippen LogP contribution is -2.10. The van der Waals surface area contributed by atoms with Gasteiger partial charge in [0.1, 0.15) is 11.6 Å². The number of rotatable bonds is 3. The molecule has 0 spiro atoms. The highest BCUT2D eigenvalue weighted by Crippen LogP contribution is 2.06. The van der Waals surface area contributed by atoms with Gasteiger partial charge in [-0.25, -0.2) is 0 Å². The molecule has 0 atom stereocenters. The van der Waals surface area contributed by atoms with Gasteiger partial charge in [-0.3, -0.25) is 9.78 Å². The van der Waals surface area contributed by atoms with Crippen molar-refractivity contribution in [3.63, 3.8) is 0 Å². The van der Waals surface area contributed by atoms with Gasteiger partial charge in [-0.15, -0.1) is 0 Å². The Balaban J connectivity index is 2.90. The Labute approximate surface area is 99.7 Å². The van der Waals surface area contributed by atoms with E-state index in [2.05, 4.69) is 9.98 Å². The minimum absolute atomic E-state index is 0.00528. The van der Waals surface area contributed by atoms with Crippen LogP contribution in [0.25, 0.3) is 6.08 Å². The van der Waals surface area contributed by atoms with E-state index in [1.165, 1.54) is 12.4 Å². The molecule has 5 nitrogen and oxygen atoms in total. The molecule has 1 aromatic rings. The van der Waals surface area contributed by atoms with Gasteiger partial charge < -0.3 is 4.90 Å². The van der Waals surface area contributed by atoms with Crippen LogP contribution in [0.15, 0.2) is 35.1 Å². The van der Waals surface area contributed by atoms with Crippen molar-refractivity contribution in [3.8, 4) is 6.07 Å². The number of aliphatic imine (C=N–C) groups is 1. The molecule has 0 radical (unpaired) electrons. The highest BCUT2D eigenvalue weighted by Gasteiger charge is 2.06. The number of carbonyl (C=O) groups is 1. The molecular formula is C12H12N4O. The normalized spacial score (nSPS) is 11.2. The van der Waals surface area contributed by atoms with Crippen LogP contribution in [-0.2, 0) is 4.79 Å². The number of amides is 1. The fourth-order valence-electron chi connectivity index (χ4n) is 1.01. The van der Waals surface area contributed by atoms with Crippen LogP contribution in [0.4, 0.5) is 0 Å². The predicted molar refractivity (Wildman–Crippen MR) is 65.0 cm³/mol. The monoisotopic (exact) mass is 228 g/mol. The Morgan fingerprint density at radius 1 is 1.47 bits per heavy atom. The maximum atomic E-state index is 11.6. The third-order valence-corrected chi connectivity index (χ3v) is 1.77. The molecule has 1 amide bonds. The van der Waals surface area contributed by atoms with Gasteiger partial charge in [-0.05, 0) is 23.8 Å². The largest absolute Gasteiger partial charge is 0.369 e.